The molecule has 3 rings (SSSR count). The molecule has 6 nitrogen and oxygen atoms in total. The van der Waals surface area contributed by atoms with Gasteiger partial charge >= 0.3 is 0 Å². The van der Waals surface area contributed by atoms with Gasteiger partial charge in [-0.15, -0.1) is 11.8 Å². The van der Waals surface area contributed by atoms with Crippen LogP contribution in [0.4, 0.5) is 0 Å². The Morgan fingerprint density at radius 1 is 0.963 bits per heavy atom. The highest BCUT2D eigenvalue weighted by Crippen LogP contribution is 2.24. The number of ether oxygens (including phenoxy) is 2. The van der Waals surface area contributed by atoms with E-state index in [0.29, 0.717) is 50.8 Å². The summed E-state index contributed by atoms with van der Waals surface area (Å²) in [5, 5.41) is 0. The SMILES string of the molecule is CC(C)(C(=O)c1ccc(SCC(=O)N2CCOCC2)cc1)N1CCOCC1. The number of carbonyl (C=O) groups excluding carboxylic acids is 2. The van der Waals surface area contributed by atoms with Crippen LogP contribution in [0.25, 0.3) is 0 Å². The molecule has 1 aromatic rings. The predicted octanol–water partition coefficient (Wildman–Crippen LogP) is 1.93. The lowest BCUT2D eigenvalue weighted by atomic mass is 9.91. The molecule has 2 aliphatic rings. The molecule has 2 heterocycles. The molecule has 0 bridgehead atoms. The zero-order valence-corrected chi connectivity index (χ0v) is 16.9. The molecule has 0 aliphatic carbocycles. The zero-order valence-electron chi connectivity index (χ0n) is 16.1. The van der Waals surface area contributed by atoms with Crippen molar-refractivity contribution in [1.82, 2.24) is 9.80 Å². The Morgan fingerprint density at radius 2 is 1.52 bits per heavy atom. The molecule has 7 heteroatoms. The van der Waals surface area contributed by atoms with E-state index >= 15 is 0 Å². The summed E-state index contributed by atoms with van der Waals surface area (Å²) in [6.45, 7) is 9.42. The van der Waals surface area contributed by atoms with E-state index in [1.165, 1.54) is 11.8 Å². The Bertz CT molecular complexity index is 650. The van der Waals surface area contributed by atoms with E-state index in [4.69, 9.17) is 9.47 Å². The Labute approximate surface area is 165 Å². The predicted molar refractivity (Wildman–Crippen MR) is 105 cm³/mol. The highest BCUT2D eigenvalue weighted by Gasteiger charge is 2.35. The van der Waals surface area contributed by atoms with Gasteiger partial charge < -0.3 is 14.4 Å². The van der Waals surface area contributed by atoms with Gasteiger partial charge in [-0.2, -0.15) is 0 Å². The summed E-state index contributed by atoms with van der Waals surface area (Å²) >= 11 is 1.51. The molecular formula is C20H28N2O4S. The maximum absolute atomic E-state index is 13.0. The number of carbonyl (C=O) groups is 2. The molecular weight excluding hydrogens is 364 g/mol. The van der Waals surface area contributed by atoms with Gasteiger partial charge in [0.15, 0.2) is 5.78 Å². The number of hydrogen-bond acceptors (Lipinski definition) is 6. The summed E-state index contributed by atoms with van der Waals surface area (Å²) in [4.78, 5) is 30.2. The fourth-order valence-electron chi connectivity index (χ4n) is 3.37. The van der Waals surface area contributed by atoms with Gasteiger partial charge in [-0.05, 0) is 26.0 Å². The third-order valence-corrected chi connectivity index (χ3v) is 6.20. The van der Waals surface area contributed by atoms with E-state index < -0.39 is 5.54 Å². The topological polar surface area (TPSA) is 59.1 Å². The van der Waals surface area contributed by atoms with Gasteiger partial charge in [-0.25, -0.2) is 0 Å². The molecule has 0 unspecified atom stereocenters. The first-order valence-corrected chi connectivity index (χ1v) is 10.4. The number of morpholine rings is 2. The summed E-state index contributed by atoms with van der Waals surface area (Å²) in [6, 6.07) is 7.60. The van der Waals surface area contributed by atoms with Crippen molar-refractivity contribution < 1.29 is 19.1 Å². The minimum atomic E-state index is -0.551. The maximum Gasteiger partial charge on any atom is 0.233 e. The average molecular weight is 393 g/mol. The number of amides is 1. The number of ketones is 1. The molecule has 27 heavy (non-hydrogen) atoms. The highest BCUT2D eigenvalue weighted by molar-refractivity contribution is 8.00. The maximum atomic E-state index is 13.0. The Hall–Kier alpha value is -1.41. The lowest BCUT2D eigenvalue weighted by Crippen LogP contribution is -2.54. The molecule has 2 fully saturated rings. The quantitative estimate of drug-likeness (QED) is 0.545. The summed E-state index contributed by atoms with van der Waals surface area (Å²) < 4.78 is 10.7. The van der Waals surface area contributed by atoms with E-state index in [9.17, 15) is 9.59 Å². The van der Waals surface area contributed by atoms with Crippen molar-refractivity contribution >= 4 is 23.5 Å². The van der Waals surface area contributed by atoms with E-state index in [1.54, 1.807) is 0 Å². The molecule has 2 aliphatic heterocycles. The number of nitrogens with zero attached hydrogens (tertiary/aromatic N) is 2. The summed E-state index contributed by atoms with van der Waals surface area (Å²) in [7, 11) is 0. The van der Waals surface area contributed by atoms with Crippen molar-refractivity contribution in [2.24, 2.45) is 0 Å². The molecule has 148 valence electrons. The summed E-state index contributed by atoms with van der Waals surface area (Å²) in [5.74, 6) is 0.661. The van der Waals surface area contributed by atoms with E-state index in [2.05, 4.69) is 4.90 Å². The normalized spacial score (nSPS) is 19.1. The number of Topliss-reactive ketones (excluding diaryl/α,β-unsaturated/α-hetero) is 1. The van der Waals surface area contributed by atoms with E-state index in [1.807, 2.05) is 43.0 Å². The van der Waals surface area contributed by atoms with Crippen molar-refractivity contribution in [2.75, 3.05) is 58.4 Å². The van der Waals surface area contributed by atoms with E-state index in [-0.39, 0.29) is 11.7 Å². The zero-order chi connectivity index (χ0) is 19.3. The van der Waals surface area contributed by atoms with Crippen LogP contribution in [0, 0.1) is 0 Å². The number of hydrogen-bond donors (Lipinski definition) is 0. The second-order valence-electron chi connectivity index (χ2n) is 7.29. The van der Waals surface area contributed by atoms with Crippen LogP contribution in [-0.2, 0) is 14.3 Å². The lowest BCUT2D eigenvalue weighted by molar-refractivity contribution is -0.132. The van der Waals surface area contributed by atoms with Gasteiger partial charge in [-0.1, -0.05) is 12.1 Å². The van der Waals surface area contributed by atoms with Crippen molar-refractivity contribution in [3.05, 3.63) is 29.8 Å². The van der Waals surface area contributed by atoms with Gasteiger partial charge in [0.2, 0.25) is 5.91 Å². The fraction of sp³-hybridized carbons (Fsp3) is 0.600. The Morgan fingerprint density at radius 3 is 2.11 bits per heavy atom. The molecule has 1 aromatic carbocycles. The van der Waals surface area contributed by atoms with E-state index in [0.717, 1.165) is 18.0 Å². The average Bonchev–Trinajstić information content (AvgIpc) is 2.73. The van der Waals surface area contributed by atoms with Crippen LogP contribution in [0.5, 0.6) is 0 Å². The number of benzene rings is 1. The minimum Gasteiger partial charge on any atom is -0.379 e. The minimum absolute atomic E-state index is 0.116. The molecule has 2 saturated heterocycles. The van der Waals surface area contributed by atoms with Crippen LogP contribution >= 0.6 is 11.8 Å². The number of rotatable bonds is 6. The molecule has 0 aromatic heterocycles. The summed E-state index contributed by atoms with van der Waals surface area (Å²) in [5.41, 5.74) is 0.153. The number of thioether (sulfide) groups is 1. The van der Waals surface area contributed by atoms with Gasteiger partial charge in [0.1, 0.15) is 0 Å². The van der Waals surface area contributed by atoms with Crippen LogP contribution < -0.4 is 0 Å². The standard InChI is InChI=1S/C20H28N2O4S/c1-20(2,22-9-13-26-14-10-22)19(24)16-3-5-17(6-4-16)27-15-18(23)21-7-11-25-12-8-21/h3-6H,7-15H2,1-2H3. The second-order valence-corrected chi connectivity index (χ2v) is 8.34. The first-order chi connectivity index (χ1) is 13.0. The molecule has 0 radical (unpaired) electrons. The Balaban J connectivity index is 1.56. The van der Waals surface area contributed by atoms with Crippen molar-refractivity contribution in [1.29, 1.82) is 0 Å². The van der Waals surface area contributed by atoms with Crippen molar-refractivity contribution in [3.63, 3.8) is 0 Å². The first-order valence-electron chi connectivity index (χ1n) is 9.44. The molecule has 0 atom stereocenters. The molecule has 0 saturated carbocycles. The lowest BCUT2D eigenvalue weighted by Gasteiger charge is -2.39. The van der Waals surface area contributed by atoms with Gasteiger partial charge in [-0.3, -0.25) is 14.5 Å². The molecule has 0 spiro atoms. The van der Waals surface area contributed by atoms with Gasteiger partial charge in [0.25, 0.3) is 0 Å². The summed E-state index contributed by atoms with van der Waals surface area (Å²) in [6.07, 6.45) is 0. The monoisotopic (exact) mass is 392 g/mol. The van der Waals surface area contributed by atoms with Gasteiger partial charge in [0.05, 0.1) is 37.7 Å². The third-order valence-electron chi connectivity index (χ3n) is 5.20. The van der Waals surface area contributed by atoms with Crippen molar-refractivity contribution in [2.45, 2.75) is 24.3 Å². The largest absolute Gasteiger partial charge is 0.379 e. The van der Waals surface area contributed by atoms with Crippen LogP contribution in [0.1, 0.15) is 24.2 Å². The molecule has 1 amide bonds. The molecule has 0 N–H and O–H groups in total. The van der Waals surface area contributed by atoms with Crippen LogP contribution in [0.2, 0.25) is 0 Å². The van der Waals surface area contributed by atoms with Gasteiger partial charge in [0, 0.05) is 36.6 Å². The second kappa shape index (κ2) is 9.19. The van der Waals surface area contributed by atoms with Crippen LogP contribution in [-0.4, -0.2) is 85.4 Å². The van der Waals surface area contributed by atoms with Crippen molar-refractivity contribution in [3.8, 4) is 0 Å². The van der Waals surface area contributed by atoms with Crippen LogP contribution in [0.3, 0.4) is 0 Å². The van der Waals surface area contributed by atoms with Crippen LogP contribution in [0.15, 0.2) is 29.2 Å². The fourth-order valence-corrected chi connectivity index (χ4v) is 4.17. The smallest absolute Gasteiger partial charge is 0.233 e. The third kappa shape index (κ3) is 5.10. The first kappa shape index (κ1) is 20.3. The Kier molecular flexibility index (Phi) is 6.92. The highest BCUT2D eigenvalue weighted by atomic mass is 32.2.